The van der Waals surface area contributed by atoms with Crippen LogP contribution in [0.25, 0.3) is 0 Å². The van der Waals surface area contributed by atoms with Crippen LogP contribution in [0.2, 0.25) is 0 Å². The number of rotatable bonds is 8. The fourth-order valence-corrected chi connectivity index (χ4v) is 4.30. The highest BCUT2D eigenvalue weighted by atomic mass is 16.7. The number of carbonyl (C=O) groups is 2. The molecule has 1 aromatic heterocycles. The molecule has 2 amide bonds. The quantitative estimate of drug-likeness (QED) is 0.413. The third-order valence-electron chi connectivity index (χ3n) is 7.19. The smallest absolute Gasteiger partial charge is 0.463 e. The first kappa shape index (κ1) is 29.2. The van der Waals surface area contributed by atoms with E-state index >= 15 is 0 Å². The molecule has 1 aromatic rings. The van der Waals surface area contributed by atoms with Crippen molar-refractivity contribution in [3.05, 3.63) is 12.4 Å². The van der Waals surface area contributed by atoms with E-state index in [0.717, 1.165) is 31.1 Å². The lowest BCUT2D eigenvalue weighted by molar-refractivity contribution is -0.134. The van der Waals surface area contributed by atoms with Crippen molar-refractivity contribution in [2.45, 2.75) is 104 Å². The molecule has 11 heteroatoms. The maximum atomic E-state index is 12.7. The van der Waals surface area contributed by atoms with Crippen LogP contribution in [0.4, 0.5) is 4.79 Å². The van der Waals surface area contributed by atoms with Gasteiger partial charge in [-0.25, -0.2) is 14.8 Å². The van der Waals surface area contributed by atoms with Crippen LogP contribution in [0.3, 0.4) is 0 Å². The minimum absolute atomic E-state index is 0.0752. The first-order chi connectivity index (χ1) is 17.2. The Morgan fingerprint density at radius 3 is 2.24 bits per heavy atom. The summed E-state index contributed by atoms with van der Waals surface area (Å²) >= 11 is 0. The number of ether oxygens (including phenoxy) is 2. The highest BCUT2D eigenvalue weighted by Crippen LogP contribution is 2.36. The number of nitrogens with one attached hydrogen (secondary N) is 1. The maximum absolute atomic E-state index is 12.7. The predicted molar refractivity (Wildman–Crippen MR) is 141 cm³/mol. The number of hydrogen-bond acceptors (Lipinski definition) is 8. The van der Waals surface area contributed by atoms with Gasteiger partial charge in [0.1, 0.15) is 11.6 Å². The zero-order valence-electron chi connectivity index (χ0n) is 23.6. The van der Waals surface area contributed by atoms with Gasteiger partial charge in [0.25, 0.3) is 0 Å². The Balaban J connectivity index is 1.33. The van der Waals surface area contributed by atoms with Crippen molar-refractivity contribution in [1.29, 1.82) is 0 Å². The number of amides is 2. The number of likely N-dealkylation sites (tertiary alicyclic amines) is 1. The molecular weight excluding hydrogens is 475 g/mol. The fourth-order valence-electron chi connectivity index (χ4n) is 4.30. The first-order valence-corrected chi connectivity index (χ1v) is 13.3. The number of hydrogen-bond donors (Lipinski definition) is 1. The molecule has 2 aliphatic rings. The molecular formula is C26H43BN4O6. The summed E-state index contributed by atoms with van der Waals surface area (Å²) in [5.74, 6) is 0.460. The number of nitrogens with zero attached hydrogens (tertiary/aromatic N) is 3. The van der Waals surface area contributed by atoms with Crippen LogP contribution < -0.4 is 15.5 Å². The number of aromatic nitrogens is 2. The fraction of sp³-hybridized carbons (Fsp3) is 0.769. The van der Waals surface area contributed by atoms with E-state index in [1.54, 1.807) is 40.1 Å². The first-order valence-electron chi connectivity index (χ1n) is 13.3. The summed E-state index contributed by atoms with van der Waals surface area (Å²) in [5, 5.41) is 2.63. The van der Waals surface area contributed by atoms with Gasteiger partial charge in [-0.1, -0.05) is 0 Å². The Kier molecular flexibility index (Phi) is 9.11. The van der Waals surface area contributed by atoms with Crippen molar-refractivity contribution in [2.75, 3.05) is 19.7 Å². The molecule has 37 heavy (non-hydrogen) atoms. The Morgan fingerprint density at radius 2 is 1.70 bits per heavy atom. The normalized spacial score (nSPS) is 20.4. The lowest BCUT2D eigenvalue weighted by Gasteiger charge is -2.34. The molecule has 0 radical (unpaired) electrons. The predicted octanol–water partition coefficient (Wildman–Crippen LogP) is 3.09. The van der Waals surface area contributed by atoms with Crippen LogP contribution in [0.1, 0.15) is 81.1 Å². The topological polar surface area (TPSA) is 112 Å². The second kappa shape index (κ2) is 11.6. The minimum Gasteiger partial charge on any atom is -0.463 e. The standard InChI is InChI=1S/C26H43BN4O6/c1-18(30-23(33)35-24(2,3)4)21(32)31-13-11-19(12-14-31)10-9-15-34-22-28-16-20(17-29-22)27-36-25(5,6)26(7,8)37-27/h16-19H,9-15H2,1-8H3,(H,30,33). The van der Waals surface area contributed by atoms with E-state index in [9.17, 15) is 9.59 Å². The van der Waals surface area contributed by atoms with Crippen molar-refractivity contribution in [3.63, 3.8) is 0 Å². The maximum Gasteiger partial charge on any atom is 0.498 e. The van der Waals surface area contributed by atoms with Crippen molar-refractivity contribution in [1.82, 2.24) is 20.2 Å². The van der Waals surface area contributed by atoms with Gasteiger partial charge in [-0.15, -0.1) is 0 Å². The molecule has 1 unspecified atom stereocenters. The van der Waals surface area contributed by atoms with E-state index in [1.165, 1.54) is 0 Å². The molecule has 206 valence electrons. The Hall–Kier alpha value is -2.40. The van der Waals surface area contributed by atoms with Gasteiger partial charge >= 0.3 is 19.2 Å². The van der Waals surface area contributed by atoms with E-state index in [0.29, 0.717) is 31.6 Å². The van der Waals surface area contributed by atoms with Gasteiger partial charge < -0.3 is 29.0 Å². The van der Waals surface area contributed by atoms with Crippen LogP contribution in [0.5, 0.6) is 6.01 Å². The molecule has 2 aliphatic heterocycles. The monoisotopic (exact) mass is 518 g/mol. The van der Waals surface area contributed by atoms with Gasteiger partial charge in [-0.2, -0.15) is 0 Å². The van der Waals surface area contributed by atoms with Gasteiger partial charge in [-0.05, 0) is 87.0 Å². The van der Waals surface area contributed by atoms with E-state index in [1.807, 2.05) is 32.6 Å². The van der Waals surface area contributed by atoms with Crippen molar-refractivity contribution < 1.29 is 28.4 Å². The molecule has 1 N–H and O–H groups in total. The van der Waals surface area contributed by atoms with E-state index in [4.69, 9.17) is 18.8 Å². The highest BCUT2D eigenvalue weighted by molar-refractivity contribution is 6.61. The average molecular weight is 518 g/mol. The van der Waals surface area contributed by atoms with Crippen LogP contribution in [0.15, 0.2) is 12.4 Å². The molecule has 3 rings (SSSR count). The van der Waals surface area contributed by atoms with E-state index in [-0.39, 0.29) is 5.91 Å². The van der Waals surface area contributed by atoms with Crippen molar-refractivity contribution in [3.8, 4) is 6.01 Å². The lowest BCUT2D eigenvalue weighted by Crippen LogP contribution is -2.50. The number of carbonyl (C=O) groups excluding carboxylic acids is 2. The van der Waals surface area contributed by atoms with Crippen LogP contribution in [-0.2, 0) is 18.8 Å². The van der Waals surface area contributed by atoms with Gasteiger partial charge in [0.2, 0.25) is 5.91 Å². The third kappa shape index (κ3) is 8.04. The highest BCUT2D eigenvalue weighted by Gasteiger charge is 2.52. The van der Waals surface area contributed by atoms with Crippen LogP contribution in [0, 0.1) is 5.92 Å². The summed E-state index contributed by atoms with van der Waals surface area (Å²) in [4.78, 5) is 35.1. The van der Waals surface area contributed by atoms with Crippen LogP contribution in [-0.4, -0.2) is 76.5 Å². The molecule has 0 spiro atoms. The number of piperidine rings is 1. The summed E-state index contributed by atoms with van der Waals surface area (Å²) < 4.78 is 23.0. The summed E-state index contributed by atoms with van der Waals surface area (Å²) in [7, 11) is -0.493. The summed E-state index contributed by atoms with van der Waals surface area (Å²) in [5.41, 5.74) is -0.654. The molecule has 1 atom stereocenters. The van der Waals surface area contributed by atoms with E-state index in [2.05, 4.69) is 15.3 Å². The summed E-state index contributed by atoms with van der Waals surface area (Å²) in [6.45, 7) is 17.0. The Bertz CT molecular complexity index is 910. The van der Waals surface area contributed by atoms with Gasteiger partial charge in [0.05, 0.1) is 17.8 Å². The molecule has 3 heterocycles. The largest absolute Gasteiger partial charge is 0.498 e. The third-order valence-corrected chi connectivity index (χ3v) is 7.19. The van der Waals surface area contributed by atoms with Crippen molar-refractivity contribution in [2.24, 2.45) is 5.92 Å². The van der Waals surface area contributed by atoms with Crippen molar-refractivity contribution >= 4 is 24.6 Å². The van der Waals surface area contributed by atoms with Gasteiger partial charge in [0.15, 0.2) is 0 Å². The average Bonchev–Trinajstić information content (AvgIpc) is 3.02. The summed E-state index contributed by atoms with van der Waals surface area (Å²) in [6, 6.07) is -0.275. The molecule has 2 saturated heterocycles. The molecule has 2 fully saturated rings. The lowest BCUT2D eigenvalue weighted by atomic mass is 9.81. The molecule has 0 aliphatic carbocycles. The SMILES string of the molecule is CC(NC(=O)OC(C)(C)C)C(=O)N1CCC(CCCOc2ncc(B3OC(C)(C)C(C)(C)O3)cn2)CC1. The molecule has 0 bridgehead atoms. The Morgan fingerprint density at radius 1 is 1.14 bits per heavy atom. The zero-order chi connectivity index (χ0) is 27.4. The molecule has 0 aromatic carbocycles. The van der Waals surface area contributed by atoms with E-state index < -0.39 is 36.1 Å². The van der Waals surface area contributed by atoms with Gasteiger partial charge in [0, 0.05) is 30.9 Å². The Labute approximate surface area is 221 Å². The molecule has 0 saturated carbocycles. The number of alkyl carbamates (subject to hydrolysis) is 1. The van der Waals surface area contributed by atoms with Crippen LogP contribution >= 0.6 is 0 Å². The minimum atomic E-state index is -0.615. The zero-order valence-corrected chi connectivity index (χ0v) is 23.6. The second-order valence-corrected chi connectivity index (χ2v) is 12.0. The second-order valence-electron chi connectivity index (χ2n) is 12.0. The molecule has 10 nitrogen and oxygen atoms in total. The van der Waals surface area contributed by atoms with Gasteiger partial charge in [-0.3, -0.25) is 4.79 Å². The summed E-state index contributed by atoms with van der Waals surface area (Å²) in [6.07, 6.45) is 6.58.